The number of benzene rings is 1. The normalized spacial score (nSPS) is 21.9. The maximum absolute atomic E-state index is 12.6. The number of nitrogens with zero attached hydrogens (tertiary/aromatic N) is 2. The Morgan fingerprint density at radius 2 is 1.75 bits per heavy atom. The molecule has 6 nitrogen and oxygen atoms in total. The van der Waals surface area contributed by atoms with E-state index in [-0.39, 0.29) is 12.1 Å². The molecule has 1 heterocycles. The second-order valence-corrected chi connectivity index (χ2v) is 9.00. The summed E-state index contributed by atoms with van der Waals surface area (Å²) in [5.74, 6) is 0. The highest BCUT2D eigenvalue weighted by Gasteiger charge is 2.29. The minimum atomic E-state index is -0.196. The predicted octanol–water partition coefficient (Wildman–Crippen LogP) is 4.87. The van der Waals surface area contributed by atoms with Crippen molar-refractivity contribution in [3.8, 4) is 0 Å². The summed E-state index contributed by atoms with van der Waals surface area (Å²) in [6.07, 6.45) is 9.16. The zero-order valence-corrected chi connectivity index (χ0v) is 19.9. The summed E-state index contributed by atoms with van der Waals surface area (Å²) in [5.41, 5.74) is 1.02. The highest BCUT2D eigenvalue weighted by molar-refractivity contribution is 5.68. The molecule has 0 unspecified atom stereocenters. The van der Waals surface area contributed by atoms with Gasteiger partial charge in [-0.05, 0) is 57.6 Å². The van der Waals surface area contributed by atoms with Crippen LogP contribution in [0.2, 0.25) is 0 Å². The van der Waals surface area contributed by atoms with E-state index in [1.807, 2.05) is 42.2 Å². The van der Waals surface area contributed by atoms with Crippen molar-refractivity contribution in [2.75, 3.05) is 46.0 Å². The lowest BCUT2D eigenvalue weighted by Gasteiger charge is -2.35. The maximum atomic E-state index is 12.6. The Morgan fingerprint density at radius 1 is 1.03 bits per heavy atom. The minimum absolute atomic E-state index is 0.196. The molecule has 1 aliphatic heterocycles. The number of carbonyl (C=O) groups is 1. The molecular weight excluding hydrogens is 404 g/mol. The van der Waals surface area contributed by atoms with Crippen LogP contribution < -0.4 is 0 Å². The number of amides is 1. The molecule has 1 aromatic carbocycles. The van der Waals surface area contributed by atoms with E-state index in [0.717, 1.165) is 70.6 Å². The number of hydrogen-bond donors (Lipinski definition) is 0. The third-order valence-electron chi connectivity index (χ3n) is 6.69. The van der Waals surface area contributed by atoms with E-state index in [0.29, 0.717) is 19.3 Å². The van der Waals surface area contributed by atoms with Crippen LogP contribution in [0.5, 0.6) is 0 Å². The fraction of sp³-hybridized carbons (Fsp3) is 0.731. The first-order valence-electron chi connectivity index (χ1n) is 12.6. The Balaban J connectivity index is 1.23. The van der Waals surface area contributed by atoms with Gasteiger partial charge < -0.3 is 19.1 Å². The van der Waals surface area contributed by atoms with Crippen molar-refractivity contribution in [2.24, 2.45) is 0 Å². The summed E-state index contributed by atoms with van der Waals surface area (Å²) < 4.78 is 17.1. The smallest absolute Gasteiger partial charge is 0.410 e. The van der Waals surface area contributed by atoms with Crippen LogP contribution in [0.3, 0.4) is 0 Å². The first-order chi connectivity index (χ1) is 15.8. The van der Waals surface area contributed by atoms with Gasteiger partial charge in [0.25, 0.3) is 0 Å². The van der Waals surface area contributed by atoms with E-state index in [1.54, 1.807) is 0 Å². The summed E-state index contributed by atoms with van der Waals surface area (Å²) in [4.78, 5) is 17.0. The molecule has 1 amide bonds. The topological polar surface area (TPSA) is 51.2 Å². The summed E-state index contributed by atoms with van der Waals surface area (Å²) in [7, 11) is 0. The van der Waals surface area contributed by atoms with Crippen molar-refractivity contribution in [2.45, 2.75) is 77.0 Å². The summed E-state index contributed by atoms with van der Waals surface area (Å²) in [5, 5.41) is 0. The second kappa shape index (κ2) is 14.5. The highest BCUT2D eigenvalue weighted by Crippen LogP contribution is 2.26. The average molecular weight is 447 g/mol. The van der Waals surface area contributed by atoms with Crippen molar-refractivity contribution < 1.29 is 19.0 Å². The molecular formula is C26H42N2O4. The maximum Gasteiger partial charge on any atom is 0.410 e. The Kier molecular flexibility index (Phi) is 11.3. The Hall–Kier alpha value is -1.63. The monoisotopic (exact) mass is 446 g/mol. The van der Waals surface area contributed by atoms with Crippen LogP contribution in [0.15, 0.2) is 30.3 Å². The van der Waals surface area contributed by atoms with Gasteiger partial charge in [-0.25, -0.2) is 4.79 Å². The molecule has 180 valence electrons. The van der Waals surface area contributed by atoms with Gasteiger partial charge in [0.1, 0.15) is 6.61 Å². The fourth-order valence-electron chi connectivity index (χ4n) is 4.73. The quantitative estimate of drug-likeness (QED) is 0.429. The minimum Gasteiger partial charge on any atom is -0.445 e. The van der Waals surface area contributed by atoms with Gasteiger partial charge in [-0.15, -0.1) is 0 Å². The Labute approximate surface area is 194 Å². The van der Waals surface area contributed by atoms with Crippen LogP contribution in [0.4, 0.5) is 4.79 Å². The number of carbonyl (C=O) groups excluding carboxylic acids is 1. The van der Waals surface area contributed by atoms with E-state index >= 15 is 0 Å². The molecule has 6 heteroatoms. The summed E-state index contributed by atoms with van der Waals surface area (Å²) in [6.45, 7) is 9.08. The SMILES string of the molecule is CCN(C(=O)OCc1ccccc1)C1CCC(OCCCCCCN2CCOCC2)CC1. The van der Waals surface area contributed by atoms with Crippen molar-refractivity contribution in [1.29, 1.82) is 0 Å². The molecule has 3 rings (SSSR count). The molecule has 1 aliphatic carbocycles. The molecule has 0 atom stereocenters. The number of unbranched alkanes of at least 4 members (excludes halogenated alkanes) is 3. The van der Waals surface area contributed by atoms with E-state index in [4.69, 9.17) is 14.2 Å². The molecule has 32 heavy (non-hydrogen) atoms. The van der Waals surface area contributed by atoms with Crippen molar-refractivity contribution in [1.82, 2.24) is 9.80 Å². The molecule has 2 aliphatic rings. The van der Waals surface area contributed by atoms with Gasteiger partial charge in [0, 0.05) is 32.3 Å². The highest BCUT2D eigenvalue weighted by atomic mass is 16.6. The number of hydrogen-bond acceptors (Lipinski definition) is 5. The first-order valence-corrected chi connectivity index (χ1v) is 12.6. The zero-order chi connectivity index (χ0) is 22.4. The molecule has 1 aromatic rings. The molecule has 0 spiro atoms. The number of morpholine rings is 1. The standard InChI is InChI=1S/C26H42N2O4/c1-2-28(26(29)32-22-23-10-6-5-7-11-23)24-12-14-25(15-13-24)31-19-9-4-3-8-16-27-17-20-30-21-18-27/h5-7,10-11,24-25H,2-4,8-9,12-22H2,1H3. The van der Waals surface area contributed by atoms with Gasteiger partial charge >= 0.3 is 6.09 Å². The van der Waals surface area contributed by atoms with E-state index < -0.39 is 0 Å². The van der Waals surface area contributed by atoms with Crippen LogP contribution in [0.25, 0.3) is 0 Å². The van der Waals surface area contributed by atoms with Crippen LogP contribution in [0.1, 0.15) is 63.9 Å². The first kappa shape index (κ1) is 25.0. The lowest BCUT2D eigenvalue weighted by atomic mass is 9.92. The number of rotatable bonds is 12. The molecule has 0 N–H and O–H groups in total. The molecule has 0 bridgehead atoms. The average Bonchev–Trinajstić information content (AvgIpc) is 2.85. The van der Waals surface area contributed by atoms with Gasteiger partial charge in [-0.1, -0.05) is 43.2 Å². The molecule has 0 aromatic heterocycles. The van der Waals surface area contributed by atoms with Crippen molar-refractivity contribution in [3.05, 3.63) is 35.9 Å². The van der Waals surface area contributed by atoms with Crippen molar-refractivity contribution >= 4 is 6.09 Å². The third-order valence-corrected chi connectivity index (χ3v) is 6.69. The lowest BCUT2D eigenvalue weighted by Crippen LogP contribution is -2.43. The molecule has 1 saturated heterocycles. The Morgan fingerprint density at radius 3 is 2.47 bits per heavy atom. The van der Waals surface area contributed by atoms with E-state index in [2.05, 4.69) is 4.90 Å². The molecule has 1 saturated carbocycles. The van der Waals surface area contributed by atoms with Crippen LogP contribution in [0, 0.1) is 0 Å². The van der Waals surface area contributed by atoms with E-state index in [9.17, 15) is 4.79 Å². The van der Waals surface area contributed by atoms with E-state index in [1.165, 1.54) is 25.8 Å². The lowest BCUT2D eigenvalue weighted by molar-refractivity contribution is 0.00389. The van der Waals surface area contributed by atoms with Crippen LogP contribution in [-0.2, 0) is 20.8 Å². The Bertz CT molecular complexity index is 628. The largest absolute Gasteiger partial charge is 0.445 e. The van der Waals surface area contributed by atoms with Crippen LogP contribution in [-0.4, -0.2) is 74.0 Å². The summed E-state index contributed by atoms with van der Waals surface area (Å²) >= 11 is 0. The van der Waals surface area contributed by atoms with Gasteiger partial charge in [-0.3, -0.25) is 4.90 Å². The van der Waals surface area contributed by atoms with Gasteiger partial charge in [-0.2, -0.15) is 0 Å². The zero-order valence-electron chi connectivity index (χ0n) is 19.9. The van der Waals surface area contributed by atoms with Gasteiger partial charge in [0.05, 0.1) is 19.3 Å². The number of ether oxygens (including phenoxy) is 3. The summed E-state index contributed by atoms with van der Waals surface area (Å²) in [6, 6.07) is 10.1. The molecule has 2 fully saturated rings. The second-order valence-electron chi connectivity index (χ2n) is 9.00. The molecule has 0 radical (unpaired) electrons. The third kappa shape index (κ3) is 8.72. The fourth-order valence-corrected chi connectivity index (χ4v) is 4.73. The predicted molar refractivity (Wildman–Crippen MR) is 127 cm³/mol. The van der Waals surface area contributed by atoms with Gasteiger partial charge in [0.15, 0.2) is 0 Å². The van der Waals surface area contributed by atoms with Gasteiger partial charge in [0.2, 0.25) is 0 Å². The van der Waals surface area contributed by atoms with Crippen LogP contribution >= 0.6 is 0 Å². The van der Waals surface area contributed by atoms with Crippen molar-refractivity contribution in [3.63, 3.8) is 0 Å².